The van der Waals surface area contributed by atoms with E-state index in [1.54, 1.807) is 7.05 Å². The third-order valence-electron chi connectivity index (χ3n) is 4.73. The molecule has 1 aromatic carbocycles. The van der Waals surface area contributed by atoms with Crippen molar-refractivity contribution in [2.45, 2.75) is 50.9 Å². The van der Waals surface area contributed by atoms with Crippen LogP contribution in [0, 0.1) is 5.92 Å². The lowest BCUT2D eigenvalue weighted by Crippen LogP contribution is -2.45. The lowest BCUT2D eigenvalue weighted by atomic mass is 9.84. The molecule has 0 spiro atoms. The number of hydrogen-bond donors (Lipinski definition) is 2. The standard InChI is InChI=1S/C19H27FN2O4/c1-22(19(25)26-13-15-5-3-2-4-6-15)12-17(21-18(23)24)11-14-7-9-16(20)10-8-14/h2-6,14,16-17,21H,7-13H2,1H3,(H,23,24)/t14?,16?,17-/m0/s1. The summed E-state index contributed by atoms with van der Waals surface area (Å²) in [6.07, 6.45) is 0.780. The van der Waals surface area contributed by atoms with Crippen molar-refractivity contribution in [2.75, 3.05) is 13.6 Å². The van der Waals surface area contributed by atoms with Crippen molar-refractivity contribution in [3.8, 4) is 0 Å². The monoisotopic (exact) mass is 366 g/mol. The minimum atomic E-state index is -1.12. The molecule has 2 amide bonds. The number of carbonyl (C=O) groups excluding carboxylic acids is 1. The number of alkyl halides is 1. The molecule has 144 valence electrons. The van der Waals surface area contributed by atoms with E-state index >= 15 is 0 Å². The van der Waals surface area contributed by atoms with Gasteiger partial charge in [-0.15, -0.1) is 0 Å². The Morgan fingerprint density at radius 3 is 2.54 bits per heavy atom. The van der Waals surface area contributed by atoms with E-state index in [4.69, 9.17) is 9.84 Å². The smallest absolute Gasteiger partial charge is 0.409 e. The van der Waals surface area contributed by atoms with Gasteiger partial charge in [0, 0.05) is 13.6 Å². The molecule has 1 aliphatic carbocycles. The highest BCUT2D eigenvalue weighted by Crippen LogP contribution is 2.29. The Morgan fingerprint density at radius 1 is 1.27 bits per heavy atom. The second kappa shape index (κ2) is 9.99. The zero-order valence-corrected chi connectivity index (χ0v) is 15.1. The van der Waals surface area contributed by atoms with Crippen LogP contribution >= 0.6 is 0 Å². The number of likely N-dealkylation sites (N-methyl/N-ethyl adjacent to an activating group) is 1. The summed E-state index contributed by atoms with van der Waals surface area (Å²) < 4.78 is 18.5. The van der Waals surface area contributed by atoms with Crippen LogP contribution in [0.25, 0.3) is 0 Å². The van der Waals surface area contributed by atoms with Gasteiger partial charge in [0.05, 0.1) is 6.04 Å². The van der Waals surface area contributed by atoms with Crippen molar-refractivity contribution in [1.82, 2.24) is 10.2 Å². The SMILES string of the molecule is CN(C[C@H](CC1CCC(F)CC1)NC(=O)O)C(=O)OCc1ccccc1. The maximum Gasteiger partial charge on any atom is 0.409 e. The Morgan fingerprint density at radius 2 is 1.92 bits per heavy atom. The van der Waals surface area contributed by atoms with Crippen molar-refractivity contribution in [1.29, 1.82) is 0 Å². The predicted molar refractivity (Wildman–Crippen MR) is 95.7 cm³/mol. The van der Waals surface area contributed by atoms with E-state index in [9.17, 15) is 14.0 Å². The highest BCUT2D eigenvalue weighted by atomic mass is 19.1. The van der Waals surface area contributed by atoms with Gasteiger partial charge in [0.25, 0.3) is 0 Å². The molecular formula is C19H27FN2O4. The van der Waals surface area contributed by atoms with Gasteiger partial charge < -0.3 is 20.1 Å². The van der Waals surface area contributed by atoms with Crippen LogP contribution in [0.2, 0.25) is 0 Å². The number of carboxylic acid groups (broad SMARTS) is 1. The molecule has 2 rings (SSSR count). The molecule has 1 atom stereocenters. The molecule has 0 heterocycles. The number of halogens is 1. The maximum atomic E-state index is 13.3. The molecule has 1 saturated carbocycles. The molecule has 0 radical (unpaired) electrons. The van der Waals surface area contributed by atoms with Gasteiger partial charge in [-0.05, 0) is 43.6 Å². The third kappa shape index (κ3) is 6.90. The first kappa shape index (κ1) is 20.0. The van der Waals surface area contributed by atoms with Crippen LogP contribution in [0.15, 0.2) is 30.3 Å². The average molecular weight is 366 g/mol. The minimum absolute atomic E-state index is 0.168. The first-order valence-corrected chi connectivity index (χ1v) is 8.99. The fourth-order valence-corrected chi connectivity index (χ4v) is 3.35. The number of rotatable bonds is 7. The normalized spacial score (nSPS) is 20.8. The quantitative estimate of drug-likeness (QED) is 0.769. The van der Waals surface area contributed by atoms with Gasteiger partial charge in [0.1, 0.15) is 12.8 Å². The van der Waals surface area contributed by atoms with Crippen molar-refractivity contribution < 1.29 is 23.8 Å². The van der Waals surface area contributed by atoms with E-state index in [0.29, 0.717) is 19.3 Å². The minimum Gasteiger partial charge on any atom is -0.465 e. The number of benzene rings is 1. The summed E-state index contributed by atoms with van der Waals surface area (Å²) in [6.45, 7) is 0.386. The van der Waals surface area contributed by atoms with Crippen LogP contribution < -0.4 is 5.32 Å². The molecule has 1 aliphatic rings. The van der Waals surface area contributed by atoms with E-state index in [-0.39, 0.29) is 19.1 Å². The fourth-order valence-electron chi connectivity index (χ4n) is 3.35. The van der Waals surface area contributed by atoms with Gasteiger partial charge in [-0.2, -0.15) is 0 Å². The Labute approximate surface area is 153 Å². The summed E-state index contributed by atoms with van der Waals surface area (Å²) in [5.74, 6) is 0.271. The van der Waals surface area contributed by atoms with Crippen molar-refractivity contribution >= 4 is 12.2 Å². The van der Waals surface area contributed by atoms with E-state index in [2.05, 4.69) is 5.32 Å². The zero-order valence-electron chi connectivity index (χ0n) is 15.1. The Kier molecular flexibility index (Phi) is 7.69. The molecule has 7 heteroatoms. The molecule has 0 aliphatic heterocycles. The number of hydrogen-bond acceptors (Lipinski definition) is 3. The Hall–Kier alpha value is -2.31. The topological polar surface area (TPSA) is 78.9 Å². The summed E-state index contributed by atoms with van der Waals surface area (Å²) in [6, 6.07) is 8.95. The molecule has 0 bridgehead atoms. The summed E-state index contributed by atoms with van der Waals surface area (Å²) in [5, 5.41) is 11.5. The average Bonchev–Trinajstić information content (AvgIpc) is 2.62. The number of nitrogens with one attached hydrogen (secondary N) is 1. The second-order valence-corrected chi connectivity index (χ2v) is 6.92. The summed E-state index contributed by atoms with van der Waals surface area (Å²) in [7, 11) is 1.59. The Balaban J connectivity index is 1.83. The molecule has 26 heavy (non-hydrogen) atoms. The number of amides is 2. The van der Waals surface area contributed by atoms with Crippen LogP contribution in [0.5, 0.6) is 0 Å². The molecule has 0 unspecified atom stereocenters. The number of nitrogens with zero attached hydrogens (tertiary/aromatic N) is 1. The molecular weight excluding hydrogens is 339 g/mol. The molecule has 0 aromatic heterocycles. The highest BCUT2D eigenvalue weighted by Gasteiger charge is 2.26. The highest BCUT2D eigenvalue weighted by molar-refractivity contribution is 5.68. The fraction of sp³-hybridized carbons (Fsp3) is 0.579. The summed E-state index contributed by atoms with van der Waals surface area (Å²) in [4.78, 5) is 24.6. The van der Waals surface area contributed by atoms with Crippen LogP contribution in [0.3, 0.4) is 0 Å². The van der Waals surface area contributed by atoms with Gasteiger partial charge in [0.2, 0.25) is 0 Å². The van der Waals surface area contributed by atoms with Gasteiger partial charge in [-0.1, -0.05) is 30.3 Å². The van der Waals surface area contributed by atoms with Gasteiger partial charge in [-0.25, -0.2) is 14.0 Å². The van der Waals surface area contributed by atoms with E-state index in [0.717, 1.165) is 18.4 Å². The van der Waals surface area contributed by atoms with Gasteiger partial charge in [-0.3, -0.25) is 0 Å². The van der Waals surface area contributed by atoms with Crippen LogP contribution in [-0.4, -0.2) is 48.0 Å². The third-order valence-corrected chi connectivity index (χ3v) is 4.73. The van der Waals surface area contributed by atoms with Crippen molar-refractivity contribution in [2.24, 2.45) is 5.92 Å². The van der Waals surface area contributed by atoms with Crippen molar-refractivity contribution in [3.63, 3.8) is 0 Å². The van der Waals surface area contributed by atoms with Crippen molar-refractivity contribution in [3.05, 3.63) is 35.9 Å². The number of ether oxygens (including phenoxy) is 1. The summed E-state index contributed by atoms with van der Waals surface area (Å²) in [5.41, 5.74) is 0.887. The lowest BCUT2D eigenvalue weighted by molar-refractivity contribution is 0.0980. The maximum absolute atomic E-state index is 13.3. The molecule has 1 aromatic rings. The predicted octanol–water partition coefficient (Wildman–Crippen LogP) is 3.81. The molecule has 2 N–H and O–H groups in total. The first-order chi connectivity index (χ1) is 12.4. The van der Waals surface area contributed by atoms with E-state index < -0.39 is 24.4 Å². The van der Waals surface area contributed by atoms with Crippen LogP contribution in [-0.2, 0) is 11.3 Å². The largest absolute Gasteiger partial charge is 0.465 e. The zero-order chi connectivity index (χ0) is 18.9. The summed E-state index contributed by atoms with van der Waals surface area (Å²) >= 11 is 0. The molecule has 6 nitrogen and oxygen atoms in total. The van der Waals surface area contributed by atoms with E-state index in [1.807, 2.05) is 30.3 Å². The van der Waals surface area contributed by atoms with E-state index in [1.165, 1.54) is 4.90 Å². The Bertz CT molecular complexity index is 576. The molecule has 1 fully saturated rings. The van der Waals surface area contributed by atoms with Crippen LogP contribution in [0.1, 0.15) is 37.7 Å². The van der Waals surface area contributed by atoms with Gasteiger partial charge >= 0.3 is 12.2 Å². The molecule has 0 saturated heterocycles. The second-order valence-electron chi connectivity index (χ2n) is 6.92. The lowest BCUT2D eigenvalue weighted by Gasteiger charge is -2.30. The van der Waals surface area contributed by atoms with Crippen LogP contribution in [0.4, 0.5) is 14.0 Å². The number of carbonyl (C=O) groups is 2. The first-order valence-electron chi connectivity index (χ1n) is 8.99. The van der Waals surface area contributed by atoms with Gasteiger partial charge in [0.15, 0.2) is 0 Å².